The number of ether oxygens (including phenoxy) is 1. The molecule has 8 nitrogen and oxygen atoms in total. The van der Waals surface area contributed by atoms with Crippen LogP contribution in [0.1, 0.15) is 17.0 Å². The van der Waals surface area contributed by atoms with E-state index in [1.54, 1.807) is 6.07 Å². The maximum atomic E-state index is 12.6. The SMILES string of the molecule is Cc1cc(C)nc(N/C(=N/C(=S)Nc2cccc(OC(F)(F)F)c2)N2CCN(C/C=C/c3ccccc3)CC2)n1. The number of thiocarbonyl (C=S) groups is 1. The summed E-state index contributed by atoms with van der Waals surface area (Å²) in [6.45, 7) is 7.51. The molecule has 0 amide bonds. The molecule has 3 aromatic rings. The first-order valence-corrected chi connectivity index (χ1v) is 13.1. The van der Waals surface area contributed by atoms with Gasteiger partial charge < -0.3 is 15.0 Å². The summed E-state index contributed by atoms with van der Waals surface area (Å²) in [5, 5.41) is 6.12. The van der Waals surface area contributed by atoms with Gasteiger partial charge in [-0.05, 0) is 49.8 Å². The fourth-order valence-electron chi connectivity index (χ4n) is 4.12. The van der Waals surface area contributed by atoms with Crippen LogP contribution in [0.5, 0.6) is 5.75 Å². The van der Waals surface area contributed by atoms with E-state index in [1.807, 2.05) is 38.1 Å². The number of benzene rings is 2. The van der Waals surface area contributed by atoms with Crippen molar-refractivity contribution in [2.45, 2.75) is 20.2 Å². The van der Waals surface area contributed by atoms with Crippen molar-refractivity contribution in [1.82, 2.24) is 19.8 Å². The van der Waals surface area contributed by atoms with Crippen molar-refractivity contribution in [3.63, 3.8) is 0 Å². The number of hydrogen-bond donors (Lipinski definition) is 2. The number of hydrogen-bond acceptors (Lipinski definition) is 5. The number of halogens is 3. The van der Waals surface area contributed by atoms with E-state index in [1.165, 1.54) is 18.2 Å². The lowest BCUT2D eigenvalue weighted by molar-refractivity contribution is -0.274. The predicted molar refractivity (Wildman–Crippen MR) is 155 cm³/mol. The number of piperazine rings is 1. The molecule has 4 rings (SSSR count). The summed E-state index contributed by atoms with van der Waals surface area (Å²) in [6, 6.07) is 17.4. The Morgan fingerprint density at radius 3 is 2.35 bits per heavy atom. The van der Waals surface area contributed by atoms with E-state index in [2.05, 4.69) is 64.4 Å². The lowest BCUT2D eigenvalue weighted by Gasteiger charge is -2.35. The summed E-state index contributed by atoms with van der Waals surface area (Å²) in [7, 11) is 0. The maximum Gasteiger partial charge on any atom is 0.573 e. The quantitative estimate of drug-likeness (QED) is 0.229. The second-order valence-electron chi connectivity index (χ2n) is 9.14. The first-order valence-electron chi connectivity index (χ1n) is 12.7. The van der Waals surface area contributed by atoms with E-state index in [-0.39, 0.29) is 10.9 Å². The molecule has 1 aromatic heterocycles. The molecule has 1 aliphatic rings. The van der Waals surface area contributed by atoms with Gasteiger partial charge in [0.05, 0.1) is 0 Å². The van der Waals surface area contributed by atoms with Gasteiger partial charge in [-0.15, -0.1) is 13.2 Å². The van der Waals surface area contributed by atoms with E-state index in [0.717, 1.165) is 36.6 Å². The summed E-state index contributed by atoms with van der Waals surface area (Å²) in [6.07, 6.45) is -0.534. The van der Waals surface area contributed by atoms with Gasteiger partial charge in [-0.2, -0.15) is 4.99 Å². The molecule has 0 aliphatic carbocycles. The van der Waals surface area contributed by atoms with Gasteiger partial charge >= 0.3 is 6.36 Å². The van der Waals surface area contributed by atoms with Gasteiger partial charge in [0.25, 0.3) is 0 Å². The predicted octanol–water partition coefficient (Wildman–Crippen LogP) is 5.49. The first-order chi connectivity index (χ1) is 19.1. The average molecular weight is 570 g/mol. The van der Waals surface area contributed by atoms with E-state index >= 15 is 0 Å². The van der Waals surface area contributed by atoms with E-state index in [0.29, 0.717) is 30.7 Å². The number of anilines is 2. The van der Waals surface area contributed by atoms with Crippen LogP contribution in [-0.2, 0) is 0 Å². The highest BCUT2D eigenvalue weighted by atomic mass is 32.1. The third-order valence-electron chi connectivity index (χ3n) is 5.88. The van der Waals surface area contributed by atoms with E-state index in [4.69, 9.17) is 12.2 Å². The minimum absolute atomic E-state index is 0.0595. The summed E-state index contributed by atoms with van der Waals surface area (Å²) >= 11 is 5.44. The Bertz CT molecular complexity index is 1340. The van der Waals surface area contributed by atoms with Crippen LogP contribution in [-0.4, -0.2) is 69.9 Å². The smallest absolute Gasteiger partial charge is 0.406 e. The molecule has 1 fully saturated rings. The van der Waals surface area contributed by atoms with E-state index in [9.17, 15) is 13.2 Å². The fraction of sp³-hybridized carbons (Fsp3) is 0.286. The normalized spacial score (nSPS) is 14.8. The number of aromatic nitrogens is 2. The minimum atomic E-state index is -4.79. The highest BCUT2D eigenvalue weighted by Gasteiger charge is 2.31. The molecule has 0 atom stereocenters. The van der Waals surface area contributed by atoms with Crippen LogP contribution >= 0.6 is 12.2 Å². The van der Waals surface area contributed by atoms with Gasteiger partial charge in [-0.25, -0.2) is 9.97 Å². The second-order valence-corrected chi connectivity index (χ2v) is 9.53. The molecule has 12 heteroatoms. The van der Waals surface area contributed by atoms with Gasteiger partial charge in [0.1, 0.15) is 5.75 Å². The molecular weight excluding hydrogens is 539 g/mol. The van der Waals surface area contributed by atoms with Gasteiger partial charge in [-0.3, -0.25) is 10.2 Å². The third-order valence-corrected chi connectivity index (χ3v) is 6.07. The zero-order valence-electron chi connectivity index (χ0n) is 22.2. The lowest BCUT2D eigenvalue weighted by atomic mass is 10.2. The Hall–Kier alpha value is -4.03. The highest BCUT2D eigenvalue weighted by Crippen LogP contribution is 2.25. The summed E-state index contributed by atoms with van der Waals surface area (Å²) in [5.74, 6) is 0.473. The monoisotopic (exact) mass is 569 g/mol. The molecule has 1 aliphatic heterocycles. The Labute approximate surface area is 236 Å². The van der Waals surface area contributed by atoms with Gasteiger partial charge in [0, 0.05) is 55.9 Å². The number of nitrogens with zero attached hydrogens (tertiary/aromatic N) is 5. The number of alkyl halides is 3. The molecule has 40 heavy (non-hydrogen) atoms. The van der Waals surface area contributed by atoms with Crippen LogP contribution in [0.3, 0.4) is 0 Å². The zero-order chi connectivity index (χ0) is 28.5. The van der Waals surface area contributed by atoms with Crippen molar-refractivity contribution in [3.05, 3.63) is 83.7 Å². The summed E-state index contributed by atoms with van der Waals surface area (Å²) < 4.78 is 41.9. The molecule has 2 aromatic carbocycles. The van der Waals surface area contributed by atoms with Crippen LogP contribution in [0.25, 0.3) is 6.08 Å². The summed E-state index contributed by atoms with van der Waals surface area (Å²) in [5.41, 5.74) is 3.07. The maximum absolute atomic E-state index is 12.6. The number of rotatable bonds is 6. The van der Waals surface area contributed by atoms with Crippen molar-refractivity contribution < 1.29 is 17.9 Å². The second kappa shape index (κ2) is 13.4. The molecule has 0 spiro atoms. The topological polar surface area (TPSA) is 77.9 Å². The number of nitrogens with one attached hydrogen (secondary N) is 2. The summed E-state index contributed by atoms with van der Waals surface area (Å²) in [4.78, 5) is 17.9. The largest absolute Gasteiger partial charge is 0.573 e. The molecular formula is C28H30F3N7OS. The van der Waals surface area contributed by atoms with Crippen LogP contribution in [0.4, 0.5) is 24.8 Å². The third kappa shape index (κ3) is 9.31. The van der Waals surface area contributed by atoms with Crippen molar-refractivity contribution in [2.75, 3.05) is 43.4 Å². The van der Waals surface area contributed by atoms with Gasteiger partial charge in [0.2, 0.25) is 17.0 Å². The van der Waals surface area contributed by atoms with Gasteiger partial charge in [0.15, 0.2) is 0 Å². The van der Waals surface area contributed by atoms with Crippen LogP contribution in [0, 0.1) is 13.8 Å². The minimum Gasteiger partial charge on any atom is -0.406 e. The highest BCUT2D eigenvalue weighted by molar-refractivity contribution is 7.80. The number of aliphatic imine (C=N–C) groups is 1. The van der Waals surface area contributed by atoms with Crippen LogP contribution in [0.15, 0.2) is 71.7 Å². The standard InChI is InChI=1S/C28H30F3N7OS/c1-20-18-21(2)33-25(32-20)35-26(36-27(40)34-23-11-6-12-24(19-23)39-28(29,30)31)38-16-14-37(15-17-38)13-7-10-22-8-4-3-5-9-22/h3-12,18-19H,13-17H2,1-2H3,(H2,32,33,34,35,36,40)/b10-7+. The van der Waals surface area contributed by atoms with Crippen molar-refractivity contribution >= 4 is 41.0 Å². The van der Waals surface area contributed by atoms with Crippen LogP contribution < -0.4 is 15.4 Å². The Morgan fingerprint density at radius 1 is 0.975 bits per heavy atom. The fourth-order valence-corrected chi connectivity index (χ4v) is 4.33. The first kappa shape index (κ1) is 29.0. The molecule has 0 saturated carbocycles. The zero-order valence-corrected chi connectivity index (χ0v) is 23.0. The van der Waals surface area contributed by atoms with Gasteiger partial charge in [-0.1, -0.05) is 48.6 Å². The molecule has 2 heterocycles. The molecule has 0 bridgehead atoms. The Morgan fingerprint density at radius 2 is 1.68 bits per heavy atom. The van der Waals surface area contributed by atoms with Crippen LogP contribution in [0.2, 0.25) is 0 Å². The average Bonchev–Trinajstić information content (AvgIpc) is 2.88. The van der Waals surface area contributed by atoms with E-state index < -0.39 is 6.36 Å². The van der Waals surface area contributed by atoms with Crippen molar-refractivity contribution in [3.8, 4) is 5.75 Å². The molecule has 1 saturated heterocycles. The molecule has 0 radical (unpaired) electrons. The number of guanidine groups is 1. The molecule has 210 valence electrons. The Balaban J connectivity index is 1.45. The molecule has 0 unspecified atom stereocenters. The van der Waals surface area contributed by atoms with Crippen molar-refractivity contribution in [2.24, 2.45) is 4.99 Å². The Kier molecular flexibility index (Phi) is 9.67. The van der Waals surface area contributed by atoms with Crippen molar-refractivity contribution in [1.29, 1.82) is 0 Å². The lowest BCUT2D eigenvalue weighted by Crippen LogP contribution is -2.51. The number of aryl methyl sites for hydroxylation is 2. The molecule has 2 N–H and O–H groups in total.